The normalized spacial score (nSPS) is 21.2. The SMILES string of the molecule is COCC(C)(C)CNC(=O)[C@H]1OCC(=O)N[C@@H]1c1ccccc1Cl. The lowest BCUT2D eigenvalue weighted by molar-refractivity contribution is -0.148. The number of carbonyl (C=O) groups is 2. The Morgan fingerprint density at radius 3 is 2.83 bits per heavy atom. The lowest BCUT2D eigenvalue weighted by atomic mass is 9.94. The summed E-state index contributed by atoms with van der Waals surface area (Å²) in [7, 11) is 1.62. The quantitative estimate of drug-likeness (QED) is 0.815. The third-order valence-electron chi connectivity index (χ3n) is 3.79. The molecule has 2 amide bonds. The van der Waals surface area contributed by atoms with E-state index in [-0.39, 0.29) is 23.8 Å². The number of amides is 2. The second-order valence-electron chi connectivity index (χ2n) is 6.61. The fraction of sp³-hybridized carbons (Fsp3) is 0.529. The number of methoxy groups -OCH3 is 1. The van der Waals surface area contributed by atoms with E-state index in [0.29, 0.717) is 23.7 Å². The van der Waals surface area contributed by atoms with Gasteiger partial charge in [-0.25, -0.2) is 0 Å². The van der Waals surface area contributed by atoms with E-state index in [1.807, 2.05) is 13.8 Å². The van der Waals surface area contributed by atoms with E-state index in [1.54, 1.807) is 31.4 Å². The Balaban J connectivity index is 2.12. The van der Waals surface area contributed by atoms with E-state index in [0.717, 1.165) is 0 Å². The highest BCUT2D eigenvalue weighted by Crippen LogP contribution is 2.28. The Kier molecular flexibility index (Phi) is 6.21. The van der Waals surface area contributed by atoms with Crippen molar-refractivity contribution in [2.45, 2.75) is 26.0 Å². The van der Waals surface area contributed by atoms with Crippen LogP contribution in [0.15, 0.2) is 24.3 Å². The van der Waals surface area contributed by atoms with E-state index < -0.39 is 12.1 Å². The predicted octanol–water partition coefficient (Wildman–Crippen LogP) is 1.68. The number of morpholine rings is 1. The lowest BCUT2D eigenvalue weighted by Gasteiger charge is -2.33. The first-order valence-corrected chi connectivity index (χ1v) is 8.14. The van der Waals surface area contributed by atoms with Gasteiger partial charge in [0.25, 0.3) is 5.91 Å². The maximum absolute atomic E-state index is 12.6. The molecule has 2 atom stereocenters. The van der Waals surface area contributed by atoms with Gasteiger partial charge < -0.3 is 20.1 Å². The molecular formula is C17H23ClN2O4. The second kappa shape index (κ2) is 7.96. The second-order valence-corrected chi connectivity index (χ2v) is 7.02. The van der Waals surface area contributed by atoms with Crippen molar-refractivity contribution in [3.05, 3.63) is 34.9 Å². The molecule has 132 valence electrons. The molecule has 24 heavy (non-hydrogen) atoms. The van der Waals surface area contributed by atoms with Crippen LogP contribution in [0, 0.1) is 5.41 Å². The van der Waals surface area contributed by atoms with E-state index >= 15 is 0 Å². The van der Waals surface area contributed by atoms with Crippen LogP contribution in [0.5, 0.6) is 0 Å². The molecule has 1 aliphatic heterocycles. The molecule has 0 aliphatic carbocycles. The molecule has 2 N–H and O–H groups in total. The number of hydrogen-bond acceptors (Lipinski definition) is 4. The number of hydrogen-bond donors (Lipinski definition) is 2. The van der Waals surface area contributed by atoms with Crippen LogP contribution in [0.4, 0.5) is 0 Å². The number of halogens is 1. The van der Waals surface area contributed by atoms with Gasteiger partial charge in [-0.3, -0.25) is 9.59 Å². The molecule has 0 radical (unpaired) electrons. The molecule has 1 aromatic rings. The van der Waals surface area contributed by atoms with Crippen molar-refractivity contribution >= 4 is 23.4 Å². The van der Waals surface area contributed by atoms with E-state index in [1.165, 1.54) is 0 Å². The summed E-state index contributed by atoms with van der Waals surface area (Å²) in [5.41, 5.74) is 0.450. The first kappa shape index (κ1) is 18.7. The van der Waals surface area contributed by atoms with Gasteiger partial charge in [-0.1, -0.05) is 43.6 Å². The third-order valence-corrected chi connectivity index (χ3v) is 4.13. The van der Waals surface area contributed by atoms with Gasteiger partial charge in [0.05, 0.1) is 12.6 Å². The molecule has 1 heterocycles. The van der Waals surface area contributed by atoms with Crippen LogP contribution in [0.3, 0.4) is 0 Å². The van der Waals surface area contributed by atoms with Gasteiger partial charge in [-0.05, 0) is 11.6 Å². The highest BCUT2D eigenvalue weighted by atomic mass is 35.5. The largest absolute Gasteiger partial charge is 0.384 e. The number of carbonyl (C=O) groups excluding carboxylic acids is 2. The zero-order valence-electron chi connectivity index (χ0n) is 14.1. The van der Waals surface area contributed by atoms with Gasteiger partial charge in [0.2, 0.25) is 5.91 Å². The van der Waals surface area contributed by atoms with Gasteiger partial charge in [0, 0.05) is 24.1 Å². The Hall–Kier alpha value is -1.63. The van der Waals surface area contributed by atoms with Gasteiger partial charge in [0.1, 0.15) is 6.61 Å². The zero-order valence-corrected chi connectivity index (χ0v) is 14.9. The molecule has 0 spiro atoms. The number of benzene rings is 1. The van der Waals surface area contributed by atoms with Crippen molar-refractivity contribution in [2.24, 2.45) is 5.41 Å². The van der Waals surface area contributed by atoms with Crippen LogP contribution < -0.4 is 10.6 Å². The average Bonchev–Trinajstić information content (AvgIpc) is 2.53. The topological polar surface area (TPSA) is 76.7 Å². The molecular weight excluding hydrogens is 332 g/mol. The Morgan fingerprint density at radius 2 is 2.17 bits per heavy atom. The molecule has 1 aromatic carbocycles. The third kappa shape index (κ3) is 4.69. The highest BCUT2D eigenvalue weighted by Gasteiger charge is 2.37. The first-order chi connectivity index (χ1) is 11.3. The molecule has 7 heteroatoms. The molecule has 0 saturated carbocycles. The molecule has 0 aromatic heterocycles. The lowest BCUT2D eigenvalue weighted by Crippen LogP contribution is -2.53. The summed E-state index contributed by atoms with van der Waals surface area (Å²) >= 11 is 6.21. The molecule has 0 bridgehead atoms. The van der Waals surface area contributed by atoms with E-state index in [9.17, 15) is 9.59 Å². The fourth-order valence-electron chi connectivity index (χ4n) is 2.62. The minimum atomic E-state index is -0.832. The minimum Gasteiger partial charge on any atom is -0.384 e. The summed E-state index contributed by atoms with van der Waals surface area (Å²) in [5.74, 6) is -0.562. The number of nitrogens with one attached hydrogen (secondary N) is 2. The molecule has 6 nitrogen and oxygen atoms in total. The summed E-state index contributed by atoms with van der Waals surface area (Å²) in [6.07, 6.45) is -0.832. The van der Waals surface area contributed by atoms with Gasteiger partial charge >= 0.3 is 0 Å². The summed E-state index contributed by atoms with van der Waals surface area (Å²) < 4.78 is 10.6. The van der Waals surface area contributed by atoms with Crippen LogP contribution in [0.1, 0.15) is 25.5 Å². The van der Waals surface area contributed by atoms with Gasteiger partial charge in [-0.15, -0.1) is 0 Å². The summed E-state index contributed by atoms with van der Waals surface area (Å²) in [6.45, 7) is 4.78. The average molecular weight is 355 g/mol. The van der Waals surface area contributed by atoms with Crippen molar-refractivity contribution in [1.82, 2.24) is 10.6 Å². The molecule has 1 saturated heterocycles. The fourth-order valence-corrected chi connectivity index (χ4v) is 2.87. The molecule has 2 rings (SSSR count). The smallest absolute Gasteiger partial charge is 0.251 e. The summed E-state index contributed by atoms with van der Waals surface area (Å²) in [5, 5.41) is 6.14. The van der Waals surface area contributed by atoms with Gasteiger partial charge in [-0.2, -0.15) is 0 Å². The van der Waals surface area contributed by atoms with E-state index in [2.05, 4.69) is 10.6 Å². The van der Waals surface area contributed by atoms with Crippen LogP contribution in [0.25, 0.3) is 0 Å². The Morgan fingerprint density at radius 1 is 1.46 bits per heavy atom. The number of rotatable bonds is 6. The summed E-state index contributed by atoms with van der Waals surface area (Å²) in [6, 6.07) is 6.47. The Bertz CT molecular complexity index is 606. The van der Waals surface area contributed by atoms with Crippen molar-refractivity contribution in [3.63, 3.8) is 0 Å². The maximum Gasteiger partial charge on any atom is 0.251 e. The van der Waals surface area contributed by atoms with Crippen molar-refractivity contribution in [1.29, 1.82) is 0 Å². The molecule has 1 fully saturated rings. The van der Waals surface area contributed by atoms with Crippen molar-refractivity contribution in [2.75, 3.05) is 26.9 Å². The minimum absolute atomic E-state index is 0.152. The van der Waals surface area contributed by atoms with Crippen molar-refractivity contribution < 1.29 is 19.1 Å². The standard InChI is InChI=1S/C17H23ClN2O4/c1-17(2,10-23-3)9-19-16(22)15-14(20-13(21)8-24-15)11-6-4-5-7-12(11)18/h4-7,14-15H,8-10H2,1-3H3,(H,19,22)(H,20,21)/t14-,15+/m1/s1. The molecule has 0 unspecified atom stereocenters. The van der Waals surface area contributed by atoms with Crippen molar-refractivity contribution in [3.8, 4) is 0 Å². The summed E-state index contributed by atoms with van der Waals surface area (Å²) in [4.78, 5) is 24.3. The first-order valence-electron chi connectivity index (χ1n) is 7.76. The van der Waals surface area contributed by atoms with Crippen LogP contribution >= 0.6 is 11.6 Å². The monoisotopic (exact) mass is 354 g/mol. The highest BCUT2D eigenvalue weighted by molar-refractivity contribution is 6.31. The predicted molar refractivity (Wildman–Crippen MR) is 90.7 cm³/mol. The number of ether oxygens (including phenoxy) is 2. The van der Waals surface area contributed by atoms with Gasteiger partial charge in [0.15, 0.2) is 6.10 Å². The van der Waals surface area contributed by atoms with Crippen LogP contribution in [-0.2, 0) is 19.1 Å². The van der Waals surface area contributed by atoms with Crippen LogP contribution in [0.2, 0.25) is 5.02 Å². The maximum atomic E-state index is 12.6. The van der Waals surface area contributed by atoms with E-state index in [4.69, 9.17) is 21.1 Å². The molecule has 1 aliphatic rings. The van der Waals surface area contributed by atoms with Crippen LogP contribution in [-0.4, -0.2) is 44.8 Å². The zero-order chi connectivity index (χ0) is 17.7. The Labute approximate surface area is 146 Å².